The van der Waals surface area contributed by atoms with Crippen LogP contribution in [-0.4, -0.2) is 18.8 Å². The monoisotopic (exact) mass is 306 g/mol. The Morgan fingerprint density at radius 3 is 2.86 bits per heavy atom. The molecule has 5 heteroatoms. The van der Waals surface area contributed by atoms with E-state index in [1.54, 1.807) is 11.3 Å². The molecule has 108 valence electrons. The number of benzene rings is 1. The fraction of sp³-hybridized carbons (Fsp3) is 0.176. The molecular weight excluding hydrogens is 292 g/mol. The first-order chi connectivity index (χ1) is 10.7. The van der Waals surface area contributed by atoms with Crippen molar-refractivity contribution in [1.29, 1.82) is 0 Å². The van der Waals surface area contributed by atoms with E-state index in [1.807, 2.05) is 12.4 Å². The molecule has 1 aromatic carbocycles. The van der Waals surface area contributed by atoms with Gasteiger partial charge < -0.3 is 0 Å². The number of fused-ring (bicyclic) bond motifs is 8. The standard InChI is InChI=1S/C17H14N4S/c1-10(2)14-9-13-16(22-14)19-15-11-5-3-4-6-12(11)20-8-7-18-17(20)21(13)15/h3-10H,1-2H3. The molecular formula is C17H14N4S. The molecule has 0 aliphatic rings. The molecule has 0 saturated heterocycles. The third kappa shape index (κ3) is 1.41. The Morgan fingerprint density at radius 1 is 1.14 bits per heavy atom. The summed E-state index contributed by atoms with van der Waals surface area (Å²) in [6.07, 6.45) is 3.86. The van der Waals surface area contributed by atoms with Gasteiger partial charge in [-0.25, -0.2) is 9.97 Å². The van der Waals surface area contributed by atoms with Gasteiger partial charge in [-0.05, 0) is 24.1 Å². The molecule has 0 spiro atoms. The van der Waals surface area contributed by atoms with E-state index in [9.17, 15) is 0 Å². The summed E-state index contributed by atoms with van der Waals surface area (Å²) in [6, 6.07) is 10.6. The molecule has 4 nitrogen and oxygen atoms in total. The summed E-state index contributed by atoms with van der Waals surface area (Å²) < 4.78 is 4.32. The van der Waals surface area contributed by atoms with Crippen molar-refractivity contribution in [1.82, 2.24) is 18.8 Å². The van der Waals surface area contributed by atoms with Crippen molar-refractivity contribution in [2.75, 3.05) is 0 Å². The fourth-order valence-electron chi connectivity index (χ4n) is 3.08. The van der Waals surface area contributed by atoms with Crippen LogP contribution in [0.5, 0.6) is 0 Å². The molecule has 0 unspecified atom stereocenters. The smallest absolute Gasteiger partial charge is 0.220 e. The van der Waals surface area contributed by atoms with Crippen molar-refractivity contribution in [2.45, 2.75) is 19.8 Å². The van der Waals surface area contributed by atoms with E-state index in [0.717, 1.165) is 32.7 Å². The summed E-state index contributed by atoms with van der Waals surface area (Å²) in [4.78, 5) is 11.9. The third-order valence-electron chi connectivity index (χ3n) is 4.17. The van der Waals surface area contributed by atoms with Crippen LogP contribution in [0, 0.1) is 0 Å². The number of aromatic nitrogens is 4. The van der Waals surface area contributed by atoms with Crippen LogP contribution in [0.3, 0.4) is 0 Å². The highest BCUT2D eigenvalue weighted by molar-refractivity contribution is 7.18. The molecule has 22 heavy (non-hydrogen) atoms. The lowest BCUT2D eigenvalue weighted by Gasteiger charge is -2.06. The molecule has 0 fully saturated rings. The van der Waals surface area contributed by atoms with Gasteiger partial charge in [0.1, 0.15) is 4.83 Å². The number of hydrogen-bond acceptors (Lipinski definition) is 3. The maximum absolute atomic E-state index is 4.90. The molecule has 0 aliphatic heterocycles. The zero-order chi connectivity index (χ0) is 14.8. The molecule has 5 rings (SSSR count). The largest absolute Gasteiger partial charge is 0.285 e. The predicted molar refractivity (Wildman–Crippen MR) is 90.9 cm³/mol. The van der Waals surface area contributed by atoms with Gasteiger partial charge in [0, 0.05) is 22.7 Å². The molecule has 0 atom stereocenters. The third-order valence-corrected chi connectivity index (χ3v) is 5.49. The summed E-state index contributed by atoms with van der Waals surface area (Å²) in [5.41, 5.74) is 3.29. The molecule has 0 aliphatic carbocycles. The zero-order valence-electron chi connectivity index (χ0n) is 12.3. The molecule has 4 aromatic heterocycles. The lowest BCUT2D eigenvalue weighted by Crippen LogP contribution is -1.97. The lowest BCUT2D eigenvalue weighted by atomic mass is 10.2. The fourth-order valence-corrected chi connectivity index (χ4v) is 4.10. The minimum Gasteiger partial charge on any atom is -0.285 e. The van der Waals surface area contributed by atoms with Crippen LogP contribution in [0.25, 0.3) is 32.7 Å². The van der Waals surface area contributed by atoms with Crippen LogP contribution in [0.1, 0.15) is 24.6 Å². The van der Waals surface area contributed by atoms with Crippen LogP contribution in [-0.2, 0) is 0 Å². The Hall–Kier alpha value is -2.40. The number of nitrogens with zero attached hydrogens (tertiary/aromatic N) is 4. The van der Waals surface area contributed by atoms with E-state index < -0.39 is 0 Å². The Balaban J connectivity index is 2.09. The van der Waals surface area contributed by atoms with Gasteiger partial charge in [-0.3, -0.25) is 8.80 Å². The van der Waals surface area contributed by atoms with Crippen molar-refractivity contribution >= 4 is 44.0 Å². The van der Waals surface area contributed by atoms with Gasteiger partial charge in [-0.2, -0.15) is 0 Å². The molecule has 5 aromatic rings. The Kier molecular flexibility index (Phi) is 2.26. The van der Waals surface area contributed by atoms with Gasteiger partial charge in [-0.15, -0.1) is 11.3 Å². The van der Waals surface area contributed by atoms with Gasteiger partial charge in [0.15, 0.2) is 5.65 Å². The first-order valence-electron chi connectivity index (χ1n) is 7.39. The second kappa shape index (κ2) is 4.08. The molecule has 4 heterocycles. The van der Waals surface area contributed by atoms with Gasteiger partial charge in [0.2, 0.25) is 5.78 Å². The minimum absolute atomic E-state index is 0.520. The van der Waals surface area contributed by atoms with Crippen molar-refractivity contribution in [3.8, 4) is 0 Å². The molecule has 0 radical (unpaired) electrons. The minimum atomic E-state index is 0.520. The SMILES string of the molecule is CC(C)c1cc2c(nc3c4ccccc4n4ccnc4n23)s1. The van der Waals surface area contributed by atoms with Crippen molar-refractivity contribution in [3.05, 3.63) is 47.6 Å². The summed E-state index contributed by atoms with van der Waals surface area (Å²) in [6.45, 7) is 4.44. The Labute approximate surface area is 130 Å². The highest BCUT2D eigenvalue weighted by Gasteiger charge is 2.17. The summed E-state index contributed by atoms with van der Waals surface area (Å²) in [7, 11) is 0. The first-order valence-corrected chi connectivity index (χ1v) is 8.21. The molecule has 0 bridgehead atoms. The van der Waals surface area contributed by atoms with Crippen LogP contribution < -0.4 is 0 Å². The van der Waals surface area contributed by atoms with Crippen LogP contribution >= 0.6 is 11.3 Å². The quantitative estimate of drug-likeness (QED) is 0.458. The number of hydrogen-bond donors (Lipinski definition) is 0. The number of para-hydroxylation sites is 1. The van der Waals surface area contributed by atoms with Crippen LogP contribution in [0.2, 0.25) is 0 Å². The van der Waals surface area contributed by atoms with E-state index >= 15 is 0 Å². The number of rotatable bonds is 1. The first kappa shape index (κ1) is 12.2. The Bertz CT molecular complexity index is 1160. The summed E-state index contributed by atoms with van der Waals surface area (Å²) in [5.74, 6) is 1.44. The number of thiophene rings is 1. The van der Waals surface area contributed by atoms with E-state index in [-0.39, 0.29) is 0 Å². The molecule has 0 amide bonds. The summed E-state index contributed by atoms with van der Waals surface area (Å²) >= 11 is 1.78. The average molecular weight is 306 g/mol. The number of imidazole rings is 2. The van der Waals surface area contributed by atoms with Crippen molar-refractivity contribution in [3.63, 3.8) is 0 Å². The van der Waals surface area contributed by atoms with Gasteiger partial charge in [0.25, 0.3) is 0 Å². The van der Waals surface area contributed by atoms with Gasteiger partial charge in [0.05, 0.1) is 11.0 Å². The van der Waals surface area contributed by atoms with Gasteiger partial charge in [-0.1, -0.05) is 26.0 Å². The van der Waals surface area contributed by atoms with Crippen LogP contribution in [0.4, 0.5) is 0 Å². The summed E-state index contributed by atoms with van der Waals surface area (Å²) in [5, 5.41) is 1.16. The normalized spacial score (nSPS) is 12.5. The van der Waals surface area contributed by atoms with Crippen molar-refractivity contribution < 1.29 is 0 Å². The predicted octanol–water partition coefficient (Wildman–Crippen LogP) is 4.47. The van der Waals surface area contributed by atoms with E-state index in [4.69, 9.17) is 4.98 Å². The maximum atomic E-state index is 4.90. The molecule has 0 saturated carbocycles. The second-order valence-electron chi connectivity index (χ2n) is 5.88. The highest BCUT2D eigenvalue weighted by Crippen LogP contribution is 2.33. The van der Waals surface area contributed by atoms with Crippen molar-refractivity contribution in [2.24, 2.45) is 0 Å². The van der Waals surface area contributed by atoms with Gasteiger partial charge >= 0.3 is 0 Å². The van der Waals surface area contributed by atoms with E-state index in [2.05, 4.69) is 58.0 Å². The Morgan fingerprint density at radius 2 is 2.00 bits per heavy atom. The van der Waals surface area contributed by atoms with Crippen LogP contribution in [0.15, 0.2) is 42.7 Å². The van der Waals surface area contributed by atoms with E-state index in [0.29, 0.717) is 5.92 Å². The molecule has 0 N–H and O–H groups in total. The second-order valence-corrected chi connectivity index (χ2v) is 6.94. The highest BCUT2D eigenvalue weighted by atomic mass is 32.1. The maximum Gasteiger partial charge on any atom is 0.220 e. The zero-order valence-corrected chi connectivity index (χ0v) is 13.1. The lowest BCUT2D eigenvalue weighted by molar-refractivity contribution is 0.890. The van der Waals surface area contributed by atoms with E-state index in [1.165, 1.54) is 4.88 Å². The average Bonchev–Trinajstić information content (AvgIpc) is 3.20. The topological polar surface area (TPSA) is 34.6 Å².